The molecule has 0 radical (unpaired) electrons. The van der Waals surface area contributed by atoms with Gasteiger partial charge in [0.05, 0.1) is 5.60 Å². The topological polar surface area (TPSA) is 32.3 Å². The largest absolute Gasteiger partial charge is 0.390 e. The zero-order valence-electron chi connectivity index (χ0n) is 6.13. The lowest BCUT2D eigenvalue weighted by molar-refractivity contribution is -0.101. The van der Waals surface area contributed by atoms with Crippen molar-refractivity contribution in [1.29, 1.82) is 0 Å². The van der Waals surface area contributed by atoms with Gasteiger partial charge < -0.3 is 10.4 Å². The van der Waals surface area contributed by atoms with Crippen LogP contribution in [0.4, 0.5) is 0 Å². The van der Waals surface area contributed by atoms with Gasteiger partial charge in [0.15, 0.2) is 0 Å². The van der Waals surface area contributed by atoms with E-state index in [4.69, 9.17) is 0 Å². The third kappa shape index (κ3) is 0.949. The van der Waals surface area contributed by atoms with Crippen molar-refractivity contribution in [2.24, 2.45) is 11.8 Å². The van der Waals surface area contributed by atoms with Crippen molar-refractivity contribution < 1.29 is 5.11 Å². The molecular weight excluding hydrogens is 150 g/mol. The second-order valence-corrected chi connectivity index (χ2v) is 3.59. The first-order valence-electron chi connectivity index (χ1n) is 3.63. The lowest BCUT2D eigenvalue weighted by atomic mass is 9.64. The first-order valence-corrected chi connectivity index (χ1v) is 3.63. The fraction of sp³-hybridized carbons (Fsp3) is 1.00. The second-order valence-electron chi connectivity index (χ2n) is 3.59. The smallest absolute Gasteiger partial charge is 0.0666 e. The Morgan fingerprint density at radius 3 is 2.60 bits per heavy atom. The SMILES string of the molecule is CC1(O)CC2CNCC21.Cl. The molecule has 1 saturated heterocycles. The molecule has 0 spiro atoms. The maximum absolute atomic E-state index is 9.54. The highest BCUT2D eigenvalue weighted by atomic mass is 35.5. The Morgan fingerprint density at radius 1 is 1.50 bits per heavy atom. The molecule has 3 atom stereocenters. The summed E-state index contributed by atoms with van der Waals surface area (Å²) in [5.74, 6) is 1.33. The molecule has 2 nitrogen and oxygen atoms in total. The Balaban J connectivity index is 0.000000500. The first kappa shape index (κ1) is 8.31. The first-order chi connectivity index (χ1) is 4.20. The van der Waals surface area contributed by atoms with Gasteiger partial charge in [-0.1, -0.05) is 0 Å². The molecule has 3 unspecified atom stereocenters. The fourth-order valence-electron chi connectivity index (χ4n) is 2.20. The molecule has 3 heteroatoms. The predicted molar refractivity (Wildman–Crippen MR) is 42.3 cm³/mol. The minimum Gasteiger partial charge on any atom is -0.390 e. The molecule has 1 aliphatic carbocycles. The van der Waals surface area contributed by atoms with Gasteiger partial charge in [-0.3, -0.25) is 0 Å². The van der Waals surface area contributed by atoms with Crippen LogP contribution in [-0.4, -0.2) is 23.8 Å². The Morgan fingerprint density at radius 2 is 2.20 bits per heavy atom. The van der Waals surface area contributed by atoms with Crippen molar-refractivity contribution in [1.82, 2.24) is 5.32 Å². The van der Waals surface area contributed by atoms with E-state index >= 15 is 0 Å². The number of aliphatic hydroxyl groups is 1. The summed E-state index contributed by atoms with van der Waals surface area (Å²) >= 11 is 0. The summed E-state index contributed by atoms with van der Waals surface area (Å²) in [6.45, 7) is 4.10. The maximum atomic E-state index is 9.54. The number of halogens is 1. The van der Waals surface area contributed by atoms with Gasteiger partial charge in [0.2, 0.25) is 0 Å². The summed E-state index contributed by atoms with van der Waals surface area (Å²) in [6.07, 6.45) is 1.00. The zero-order valence-corrected chi connectivity index (χ0v) is 6.95. The van der Waals surface area contributed by atoms with E-state index in [2.05, 4.69) is 5.32 Å². The van der Waals surface area contributed by atoms with Crippen molar-refractivity contribution in [3.8, 4) is 0 Å². The predicted octanol–water partition coefficient (Wildman–Crippen LogP) is 0.398. The van der Waals surface area contributed by atoms with Crippen LogP contribution in [0.5, 0.6) is 0 Å². The van der Waals surface area contributed by atoms with Crippen molar-refractivity contribution >= 4 is 12.4 Å². The average molecular weight is 164 g/mol. The normalized spacial score (nSPS) is 51.0. The molecule has 0 aromatic heterocycles. The number of hydrogen-bond donors (Lipinski definition) is 2. The van der Waals surface area contributed by atoms with Crippen LogP contribution in [0.1, 0.15) is 13.3 Å². The lowest BCUT2D eigenvalue weighted by Gasteiger charge is -2.45. The van der Waals surface area contributed by atoms with Crippen LogP contribution in [0, 0.1) is 11.8 Å². The van der Waals surface area contributed by atoms with E-state index in [1.54, 1.807) is 0 Å². The van der Waals surface area contributed by atoms with E-state index in [0.717, 1.165) is 25.4 Å². The van der Waals surface area contributed by atoms with Crippen LogP contribution in [0.25, 0.3) is 0 Å². The highest BCUT2D eigenvalue weighted by Crippen LogP contribution is 2.45. The monoisotopic (exact) mass is 163 g/mol. The highest BCUT2D eigenvalue weighted by Gasteiger charge is 2.51. The third-order valence-electron chi connectivity index (χ3n) is 2.81. The molecule has 0 aromatic carbocycles. The van der Waals surface area contributed by atoms with Crippen LogP contribution in [0.3, 0.4) is 0 Å². The molecule has 10 heavy (non-hydrogen) atoms. The van der Waals surface area contributed by atoms with Gasteiger partial charge in [0.25, 0.3) is 0 Å². The van der Waals surface area contributed by atoms with Gasteiger partial charge in [-0.05, 0) is 25.8 Å². The van der Waals surface area contributed by atoms with Crippen molar-refractivity contribution in [3.05, 3.63) is 0 Å². The lowest BCUT2D eigenvalue weighted by Crippen LogP contribution is -2.50. The second kappa shape index (κ2) is 2.36. The fourth-order valence-corrected chi connectivity index (χ4v) is 2.20. The van der Waals surface area contributed by atoms with Gasteiger partial charge in [0, 0.05) is 12.5 Å². The molecule has 0 amide bonds. The molecule has 2 fully saturated rings. The van der Waals surface area contributed by atoms with Gasteiger partial charge >= 0.3 is 0 Å². The number of fused-ring (bicyclic) bond motifs is 1. The Kier molecular flexibility index (Phi) is 1.96. The Bertz CT molecular complexity index is 138. The van der Waals surface area contributed by atoms with E-state index in [-0.39, 0.29) is 18.0 Å². The molecule has 0 bridgehead atoms. The summed E-state index contributed by atoms with van der Waals surface area (Å²) in [5, 5.41) is 12.8. The molecule has 1 aliphatic heterocycles. The molecule has 2 rings (SSSR count). The van der Waals surface area contributed by atoms with Crippen molar-refractivity contribution in [3.63, 3.8) is 0 Å². The minimum absolute atomic E-state index is 0. The van der Waals surface area contributed by atoms with E-state index in [0.29, 0.717) is 5.92 Å². The third-order valence-corrected chi connectivity index (χ3v) is 2.81. The summed E-state index contributed by atoms with van der Waals surface area (Å²) in [5.41, 5.74) is -0.339. The zero-order chi connectivity index (χ0) is 6.48. The summed E-state index contributed by atoms with van der Waals surface area (Å²) < 4.78 is 0. The van der Waals surface area contributed by atoms with Crippen molar-refractivity contribution in [2.75, 3.05) is 13.1 Å². The summed E-state index contributed by atoms with van der Waals surface area (Å²) in [6, 6.07) is 0. The van der Waals surface area contributed by atoms with Crippen LogP contribution in [0.15, 0.2) is 0 Å². The number of hydrogen-bond acceptors (Lipinski definition) is 2. The number of rotatable bonds is 0. The van der Waals surface area contributed by atoms with E-state index in [1.807, 2.05) is 6.92 Å². The molecule has 1 saturated carbocycles. The molecule has 2 N–H and O–H groups in total. The molecule has 0 aromatic rings. The highest BCUT2D eigenvalue weighted by molar-refractivity contribution is 5.85. The van der Waals surface area contributed by atoms with Crippen LogP contribution < -0.4 is 5.32 Å². The summed E-state index contributed by atoms with van der Waals surface area (Å²) in [4.78, 5) is 0. The number of nitrogens with one attached hydrogen (secondary N) is 1. The Labute approximate surface area is 67.4 Å². The van der Waals surface area contributed by atoms with E-state index in [1.165, 1.54) is 0 Å². The average Bonchev–Trinajstić information content (AvgIpc) is 2.10. The van der Waals surface area contributed by atoms with Crippen molar-refractivity contribution in [2.45, 2.75) is 18.9 Å². The quantitative estimate of drug-likeness (QED) is 0.542. The molecule has 60 valence electrons. The standard InChI is InChI=1S/C7H13NO.ClH/c1-7(9)2-5-3-8-4-6(5)7;/h5-6,8-9H,2-4H2,1H3;1H. The summed E-state index contributed by atoms with van der Waals surface area (Å²) in [7, 11) is 0. The maximum Gasteiger partial charge on any atom is 0.0666 e. The van der Waals surface area contributed by atoms with Crippen LogP contribution >= 0.6 is 12.4 Å². The van der Waals surface area contributed by atoms with E-state index < -0.39 is 0 Å². The van der Waals surface area contributed by atoms with Gasteiger partial charge in [0.1, 0.15) is 0 Å². The van der Waals surface area contributed by atoms with Gasteiger partial charge in [-0.25, -0.2) is 0 Å². The Hall–Kier alpha value is 0.210. The molecule has 1 heterocycles. The van der Waals surface area contributed by atoms with Gasteiger partial charge in [-0.15, -0.1) is 12.4 Å². The van der Waals surface area contributed by atoms with E-state index in [9.17, 15) is 5.11 Å². The van der Waals surface area contributed by atoms with Crippen LogP contribution in [0.2, 0.25) is 0 Å². The van der Waals surface area contributed by atoms with Crippen LogP contribution in [-0.2, 0) is 0 Å². The molecule has 2 aliphatic rings. The molecular formula is C7H14ClNO. The minimum atomic E-state index is -0.339. The van der Waals surface area contributed by atoms with Gasteiger partial charge in [-0.2, -0.15) is 0 Å².